The quantitative estimate of drug-likeness (QED) is 0.611. The Morgan fingerprint density at radius 2 is 2.18 bits per heavy atom. The fourth-order valence-electron chi connectivity index (χ4n) is 2.82. The molecule has 1 aromatic rings. The van der Waals surface area contributed by atoms with Crippen LogP contribution in [0.4, 0.5) is 0 Å². The summed E-state index contributed by atoms with van der Waals surface area (Å²) in [5.74, 6) is 0.154. The fourth-order valence-corrected chi connectivity index (χ4v) is 3.45. The Morgan fingerprint density at radius 3 is 2.86 bits per heavy atom. The molecule has 0 bridgehead atoms. The molecule has 0 spiro atoms. The normalized spacial score (nSPS) is 17.8. The molecule has 1 aromatic heterocycles. The maximum absolute atomic E-state index is 12.6. The number of ether oxygens (including phenoxy) is 1. The minimum Gasteiger partial charge on any atom is -0.368 e. The van der Waals surface area contributed by atoms with Crippen molar-refractivity contribution in [3.05, 3.63) is 16.6 Å². The third-order valence-electron chi connectivity index (χ3n) is 4.11. The lowest BCUT2D eigenvalue weighted by Gasteiger charge is -2.24. The minimum atomic E-state index is -0.222. The Bertz CT molecular complexity index is 416. The molecule has 1 amide bonds. The number of unbranched alkanes of at least 4 members (excludes halogenated alkanes) is 5. The van der Waals surface area contributed by atoms with E-state index in [-0.39, 0.29) is 12.0 Å². The highest BCUT2D eigenvalue weighted by molar-refractivity contribution is 7.09. The molecule has 0 aromatic carbocycles. The highest BCUT2D eigenvalue weighted by Crippen LogP contribution is 2.18. The Morgan fingerprint density at radius 1 is 1.36 bits per heavy atom. The summed E-state index contributed by atoms with van der Waals surface area (Å²) < 4.78 is 5.57. The van der Waals surface area contributed by atoms with Gasteiger partial charge >= 0.3 is 0 Å². The smallest absolute Gasteiger partial charge is 0.252 e. The molecule has 0 radical (unpaired) electrons. The SMILES string of the molecule is CCCCCCCCN(Cc1nccs1)C(=O)C1CCCO1. The van der Waals surface area contributed by atoms with E-state index in [0.717, 1.165) is 37.4 Å². The highest BCUT2D eigenvalue weighted by atomic mass is 32.1. The van der Waals surface area contributed by atoms with Gasteiger partial charge in [-0.05, 0) is 19.3 Å². The van der Waals surface area contributed by atoms with Crippen molar-refractivity contribution in [2.45, 2.75) is 70.9 Å². The molecule has 1 atom stereocenters. The van der Waals surface area contributed by atoms with Crippen LogP contribution in [-0.2, 0) is 16.1 Å². The Kier molecular flexibility index (Phi) is 7.88. The number of rotatable bonds is 10. The van der Waals surface area contributed by atoms with Crippen molar-refractivity contribution in [2.75, 3.05) is 13.2 Å². The molecule has 0 saturated carbocycles. The van der Waals surface area contributed by atoms with Crippen LogP contribution in [0.25, 0.3) is 0 Å². The molecule has 1 unspecified atom stereocenters. The van der Waals surface area contributed by atoms with Crippen molar-refractivity contribution in [3.63, 3.8) is 0 Å². The molecule has 1 fully saturated rings. The van der Waals surface area contributed by atoms with Crippen molar-refractivity contribution < 1.29 is 9.53 Å². The molecule has 0 aliphatic carbocycles. The summed E-state index contributed by atoms with van der Waals surface area (Å²) in [6.07, 6.45) is 10.9. The van der Waals surface area contributed by atoms with Crippen LogP contribution in [0.2, 0.25) is 0 Å². The van der Waals surface area contributed by atoms with E-state index in [1.54, 1.807) is 17.5 Å². The largest absolute Gasteiger partial charge is 0.368 e. The summed E-state index contributed by atoms with van der Waals surface area (Å²) in [7, 11) is 0. The molecular weight excluding hydrogens is 296 g/mol. The molecule has 5 heteroatoms. The number of nitrogens with zero attached hydrogens (tertiary/aromatic N) is 2. The first-order valence-corrected chi connectivity index (χ1v) is 9.48. The lowest BCUT2D eigenvalue weighted by atomic mass is 10.1. The Hall–Kier alpha value is -0.940. The van der Waals surface area contributed by atoms with E-state index in [9.17, 15) is 4.79 Å². The maximum Gasteiger partial charge on any atom is 0.252 e. The van der Waals surface area contributed by atoms with Crippen LogP contribution < -0.4 is 0 Å². The first kappa shape index (κ1) is 17.4. The van der Waals surface area contributed by atoms with Crippen molar-refractivity contribution in [1.29, 1.82) is 0 Å². The highest BCUT2D eigenvalue weighted by Gasteiger charge is 2.28. The van der Waals surface area contributed by atoms with E-state index in [4.69, 9.17) is 4.74 Å². The van der Waals surface area contributed by atoms with Gasteiger partial charge in [0.15, 0.2) is 0 Å². The predicted molar refractivity (Wildman–Crippen MR) is 89.9 cm³/mol. The van der Waals surface area contributed by atoms with Gasteiger partial charge in [-0.3, -0.25) is 4.79 Å². The van der Waals surface area contributed by atoms with Gasteiger partial charge in [0.05, 0.1) is 6.54 Å². The second-order valence-corrected chi connectivity index (χ2v) is 6.93. The van der Waals surface area contributed by atoms with E-state index in [1.165, 1.54) is 32.1 Å². The van der Waals surface area contributed by atoms with Gasteiger partial charge in [0.1, 0.15) is 11.1 Å². The first-order chi connectivity index (χ1) is 10.8. The monoisotopic (exact) mass is 324 g/mol. The van der Waals surface area contributed by atoms with Gasteiger partial charge in [-0.15, -0.1) is 11.3 Å². The van der Waals surface area contributed by atoms with Gasteiger partial charge in [-0.2, -0.15) is 0 Å². The molecule has 0 N–H and O–H groups in total. The molecule has 4 nitrogen and oxygen atoms in total. The van der Waals surface area contributed by atoms with E-state index in [1.807, 2.05) is 10.3 Å². The summed E-state index contributed by atoms with van der Waals surface area (Å²) in [5.41, 5.74) is 0. The molecular formula is C17H28N2O2S. The van der Waals surface area contributed by atoms with Gasteiger partial charge < -0.3 is 9.64 Å². The van der Waals surface area contributed by atoms with E-state index in [0.29, 0.717) is 6.54 Å². The second kappa shape index (κ2) is 9.95. The Labute approximate surface area is 137 Å². The Balaban J connectivity index is 1.80. The van der Waals surface area contributed by atoms with Crippen LogP contribution in [0.5, 0.6) is 0 Å². The van der Waals surface area contributed by atoms with Crippen molar-refractivity contribution in [1.82, 2.24) is 9.88 Å². The summed E-state index contributed by atoms with van der Waals surface area (Å²) >= 11 is 1.62. The van der Waals surface area contributed by atoms with Crippen LogP contribution in [0.3, 0.4) is 0 Å². The molecule has 1 saturated heterocycles. The van der Waals surface area contributed by atoms with Gasteiger partial charge in [-0.25, -0.2) is 4.98 Å². The topological polar surface area (TPSA) is 42.4 Å². The summed E-state index contributed by atoms with van der Waals surface area (Å²) in [6, 6.07) is 0. The molecule has 1 aliphatic heterocycles. The molecule has 2 rings (SSSR count). The van der Waals surface area contributed by atoms with Crippen LogP contribution in [-0.4, -0.2) is 35.0 Å². The second-order valence-electron chi connectivity index (χ2n) is 5.96. The molecule has 124 valence electrons. The summed E-state index contributed by atoms with van der Waals surface area (Å²) in [6.45, 7) is 4.41. The van der Waals surface area contributed by atoms with Crippen LogP contribution >= 0.6 is 11.3 Å². The lowest BCUT2D eigenvalue weighted by Crippen LogP contribution is -2.39. The van der Waals surface area contributed by atoms with Gasteiger partial charge in [-0.1, -0.05) is 39.0 Å². The number of carbonyl (C=O) groups is 1. The first-order valence-electron chi connectivity index (χ1n) is 8.60. The fraction of sp³-hybridized carbons (Fsp3) is 0.765. The molecule has 2 heterocycles. The minimum absolute atomic E-state index is 0.154. The standard InChI is InChI=1S/C17H28N2O2S/c1-2-3-4-5-6-7-11-19(14-16-18-10-13-22-16)17(20)15-9-8-12-21-15/h10,13,15H,2-9,11-12,14H2,1H3. The summed E-state index contributed by atoms with van der Waals surface area (Å²) in [4.78, 5) is 18.9. The molecule has 22 heavy (non-hydrogen) atoms. The average molecular weight is 324 g/mol. The van der Waals surface area contributed by atoms with Crippen molar-refractivity contribution >= 4 is 17.2 Å². The van der Waals surface area contributed by atoms with Gasteiger partial charge in [0.2, 0.25) is 0 Å². The van der Waals surface area contributed by atoms with Gasteiger partial charge in [0.25, 0.3) is 5.91 Å². The van der Waals surface area contributed by atoms with E-state index >= 15 is 0 Å². The van der Waals surface area contributed by atoms with Crippen LogP contribution in [0.15, 0.2) is 11.6 Å². The number of carbonyl (C=O) groups excluding carboxylic acids is 1. The van der Waals surface area contributed by atoms with E-state index in [2.05, 4.69) is 11.9 Å². The van der Waals surface area contributed by atoms with Crippen molar-refractivity contribution in [3.8, 4) is 0 Å². The number of thiazole rings is 1. The lowest BCUT2D eigenvalue weighted by molar-refractivity contribution is -0.141. The number of hydrogen-bond acceptors (Lipinski definition) is 4. The number of aromatic nitrogens is 1. The van der Waals surface area contributed by atoms with Crippen molar-refractivity contribution in [2.24, 2.45) is 0 Å². The van der Waals surface area contributed by atoms with Gasteiger partial charge in [0, 0.05) is 24.7 Å². The maximum atomic E-state index is 12.6. The molecule has 1 aliphatic rings. The van der Waals surface area contributed by atoms with E-state index < -0.39 is 0 Å². The third-order valence-corrected chi connectivity index (χ3v) is 4.87. The number of hydrogen-bond donors (Lipinski definition) is 0. The average Bonchev–Trinajstić information content (AvgIpc) is 3.21. The zero-order valence-electron chi connectivity index (χ0n) is 13.6. The summed E-state index contributed by atoms with van der Waals surface area (Å²) in [5, 5.41) is 2.98. The zero-order chi connectivity index (χ0) is 15.6. The number of amides is 1. The zero-order valence-corrected chi connectivity index (χ0v) is 14.4. The van der Waals surface area contributed by atoms with Crippen LogP contribution in [0, 0.1) is 0 Å². The van der Waals surface area contributed by atoms with Crippen LogP contribution in [0.1, 0.15) is 63.3 Å². The predicted octanol–water partition coefficient (Wildman–Crippen LogP) is 4.01. The third kappa shape index (κ3) is 5.69.